The number of methoxy groups -OCH3 is 1. The number of benzene rings is 3. The van der Waals surface area contributed by atoms with Crippen molar-refractivity contribution in [2.45, 2.75) is 44.8 Å². The largest absolute Gasteiger partial charge is 0.495 e. The second-order valence-electron chi connectivity index (χ2n) is 10.9. The first-order valence-corrected chi connectivity index (χ1v) is 13.5. The number of ether oxygens (including phenoxy) is 2. The van der Waals surface area contributed by atoms with E-state index in [2.05, 4.69) is 29.6 Å². The van der Waals surface area contributed by atoms with Gasteiger partial charge in [-0.05, 0) is 73.1 Å². The molecule has 1 N–H and O–H groups in total. The van der Waals surface area contributed by atoms with Crippen LogP contribution in [0.3, 0.4) is 0 Å². The van der Waals surface area contributed by atoms with Crippen LogP contribution in [0.1, 0.15) is 50.3 Å². The minimum absolute atomic E-state index is 0.0114. The number of alkyl carbamates (subject to hydrolysis) is 1. The van der Waals surface area contributed by atoms with Crippen molar-refractivity contribution in [1.29, 1.82) is 0 Å². The number of hydrogen-bond acceptors (Lipinski definition) is 5. The van der Waals surface area contributed by atoms with Crippen molar-refractivity contribution in [2.75, 3.05) is 20.3 Å². The monoisotopic (exact) mass is 545 g/mol. The highest BCUT2D eigenvalue weighted by molar-refractivity contribution is 6.56. The van der Waals surface area contributed by atoms with E-state index in [4.69, 9.17) is 30.4 Å². The standard InChI is InChI=1S/C31H33BClNO5/c1-30(2)31(3,4)39-32(38-30)21(16-20-14-15-28(36-5)27(33)17-20)18-34-29(35)37-19-26-24-12-8-6-10-22(24)23-11-7-9-13-25(23)26/h6-17,26H,18-19H2,1-5H3,(H,34,35). The van der Waals surface area contributed by atoms with Crippen molar-refractivity contribution < 1.29 is 23.6 Å². The number of nitrogens with one attached hydrogen (secondary N) is 1. The zero-order chi connectivity index (χ0) is 27.8. The van der Waals surface area contributed by atoms with Crippen molar-refractivity contribution in [3.05, 3.63) is 93.9 Å². The van der Waals surface area contributed by atoms with E-state index in [1.54, 1.807) is 19.2 Å². The lowest BCUT2D eigenvalue weighted by molar-refractivity contribution is 0.00578. The van der Waals surface area contributed by atoms with Gasteiger partial charge in [-0.1, -0.05) is 72.3 Å². The lowest BCUT2D eigenvalue weighted by atomic mass is 9.77. The van der Waals surface area contributed by atoms with E-state index in [1.807, 2.05) is 64.1 Å². The Balaban J connectivity index is 1.31. The summed E-state index contributed by atoms with van der Waals surface area (Å²) in [5, 5.41) is 3.39. The highest BCUT2D eigenvalue weighted by Gasteiger charge is 2.52. The van der Waals surface area contributed by atoms with Gasteiger partial charge in [0.2, 0.25) is 0 Å². The van der Waals surface area contributed by atoms with Crippen molar-refractivity contribution in [2.24, 2.45) is 0 Å². The van der Waals surface area contributed by atoms with Gasteiger partial charge in [0, 0.05) is 12.5 Å². The predicted octanol–water partition coefficient (Wildman–Crippen LogP) is 6.90. The smallest absolute Gasteiger partial charge is 0.492 e. The van der Waals surface area contributed by atoms with Gasteiger partial charge in [0.25, 0.3) is 0 Å². The summed E-state index contributed by atoms with van der Waals surface area (Å²) < 4.78 is 23.6. The van der Waals surface area contributed by atoms with Gasteiger partial charge in [0.05, 0.1) is 23.3 Å². The Morgan fingerprint density at radius 1 is 0.974 bits per heavy atom. The zero-order valence-electron chi connectivity index (χ0n) is 22.9. The van der Waals surface area contributed by atoms with Gasteiger partial charge >= 0.3 is 13.2 Å². The molecule has 5 rings (SSSR count). The second kappa shape index (κ2) is 10.7. The maximum Gasteiger partial charge on any atom is 0.492 e. The van der Waals surface area contributed by atoms with Gasteiger partial charge in [0.15, 0.2) is 0 Å². The Bertz CT molecular complexity index is 1360. The van der Waals surface area contributed by atoms with Gasteiger partial charge in [0.1, 0.15) is 12.4 Å². The number of amides is 1. The molecule has 1 fully saturated rings. The number of carbonyl (C=O) groups is 1. The van der Waals surface area contributed by atoms with Gasteiger partial charge in [-0.3, -0.25) is 0 Å². The second-order valence-corrected chi connectivity index (χ2v) is 11.3. The van der Waals surface area contributed by atoms with E-state index < -0.39 is 24.4 Å². The van der Waals surface area contributed by atoms with Crippen molar-refractivity contribution in [1.82, 2.24) is 5.32 Å². The molecule has 0 saturated carbocycles. The molecular weight excluding hydrogens is 513 g/mol. The molecule has 0 unspecified atom stereocenters. The molecule has 1 heterocycles. The molecule has 1 amide bonds. The van der Waals surface area contributed by atoms with Crippen molar-refractivity contribution in [3.63, 3.8) is 0 Å². The topological polar surface area (TPSA) is 66.0 Å². The van der Waals surface area contributed by atoms with Crippen LogP contribution in [0, 0.1) is 0 Å². The van der Waals surface area contributed by atoms with E-state index in [-0.39, 0.29) is 19.1 Å². The molecule has 0 aromatic heterocycles. The third-order valence-corrected chi connectivity index (χ3v) is 8.16. The molecule has 0 bridgehead atoms. The quantitative estimate of drug-likeness (QED) is 0.327. The van der Waals surface area contributed by atoms with Crippen molar-refractivity contribution in [3.8, 4) is 16.9 Å². The summed E-state index contributed by atoms with van der Waals surface area (Å²) in [4.78, 5) is 12.9. The van der Waals surface area contributed by atoms with Crippen LogP contribution in [-0.4, -0.2) is 44.7 Å². The number of fused-ring (bicyclic) bond motifs is 3. The van der Waals surface area contributed by atoms with Crippen LogP contribution in [0.15, 0.2) is 72.2 Å². The lowest BCUT2D eigenvalue weighted by Gasteiger charge is -2.32. The average Bonchev–Trinajstić information content (AvgIpc) is 3.34. The highest BCUT2D eigenvalue weighted by atomic mass is 35.5. The maximum absolute atomic E-state index is 12.9. The molecule has 6 nitrogen and oxygen atoms in total. The first kappa shape index (κ1) is 27.3. The summed E-state index contributed by atoms with van der Waals surface area (Å²) in [5.41, 5.74) is 5.22. The van der Waals surface area contributed by atoms with Crippen LogP contribution in [0.2, 0.25) is 5.02 Å². The molecule has 0 atom stereocenters. The SMILES string of the molecule is COc1ccc(C=C(CNC(=O)OCC2c3ccccc3-c3ccccc32)B2OC(C)(C)C(C)(C)O2)cc1Cl. The maximum atomic E-state index is 12.9. The van der Waals surface area contributed by atoms with Gasteiger partial charge in [-0.15, -0.1) is 0 Å². The molecule has 1 saturated heterocycles. The molecule has 1 aliphatic heterocycles. The van der Waals surface area contributed by atoms with Crippen LogP contribution in [0.5, 0.6) is 5.75 Å². The summed E-state index contributed by atoms with van der Waals surface area (Å²) >= 11 is 6.36. The van der Waals surface area contributed by atoms with E-state index >= 15 is 0 Å². The fourth-order valence-corrected chi connectivity index (χ4v) is 5.27. The van der Waals surface area contributed by atoms with Gasteiger partial charge in [-0.2, -0.15) is 0 Å². The molecule has 3 aromatic carbocycles. The fraction of sp³-hybridized carbons (Fsp3) is 0.323. The normalized spacial score (nSPS) is 17.5. The third kappa shape index (κ3) is 5.44. The Morgan fingerprint density at radius 2 is 1.56 bits per heavy atom. The minimum atomic E-state index is -0.648. The summed E-state index contributed by atoms with van der Waals surface area (Å²) in [6.07, 6.45) is 1.41. The van der Waals surface area contributed by atoms with E-state index in [0.29, 0.717) is 10.8 Å². The molecule has 39 heavy (non-hydrogen) atoms. The molecular formula is C31H33BClNO5. The Labute approximate surface area is 235 Å². The van der Waals surface area contributed by atoms with E-state index in [9.17, 15) is 4.79 Å². The van der Waals surface area contributed by atoms with Crippen LogP contribution in [0.25, 0.3) is 17.2 Å². The molecule has 3 aromatic rings. The first-order valence-electron chi connectivity index (χ1n) is 13.1. The Hall–Kier alpha value is -3.26. The molecule has 202 valence electrons. The van der Waals surface area contributed by atoms with Gasteiger partial charge < -0.3 is 24.1 Å². The van der Waals surface area contributed by atoms with E-state index in [0.717, 1.165) is 11.0 Å². The first-order chi connectivity index (χ1) is 18.6. The Kier molecular flexibility index (Phi) is 7.51. The predicted molar refractivity (Wildman–Crippen MR) is 155 cm³/mol. The lowest BCUT2D eigenvalue weighted by Crippen LogP contribution is -2.41. The van der Waals surface area contributed by atoms with Crippen LogP contribution < -0.4 is 10.1 Å². The van der Waals surface area contributed by atoms with Crippen molar-refractivity contribution >= 4 is 30.9 Å². The molecule has 0 radical (unpaired) electrons. The molecule has 1 aliphatic carbocycles. The summed E-state index contributed by atoms with van der Waals surface area (Å²) in [6, 6.07) is 22.0. The third-order valence-electron chi connectivity index (χ3n) is 7.86. The number of rotatable bonds is 7. The number of halogens is 1. The molecule has 0 spiro atoms. The van der Waals surface area contributed by atoms with Gasteiger partial charge in [-0.25, -0.2) is 4.79 Å². The average molecular weight is 546 g/mol. The summed E-state index contributed by atoms with van der Waals surface area (Å²) in [5.74, 6) is 0.575. The van der Waals surface area contributed by atoms with Crippen LogP contribution in [-0.2, 0) is 14.0 Å². The summed E-state index contributed by atoms with van der Waals surface area (Å²) in [7, 11) is 0.926. The highest BCUT2D eigenvalue weighted by Crippen LogP contribution is 2.44. The minimum Gasteiger partial charge on any atom is -0.495 e. The van der Waals surface area contributed by atoms with Crippen LogP contribution in [0.4, 0.5) is 4.79 Å². The van der Waals surface area contributed by atoms with Crippen LogP contribution >= 0.6 is 11.6 Å². The fourth-order valence-electron chi connectivity index (χ4n) is 5.01. The molecule has 2 aliphatic rings. The Morgan fingerprint density at radius 3 is 2.13 bits per heavy atom. The summed E-state index contributed by atoms with van der Waals surface area (Å²) in [6.45, 7) is 8.39. The van der Waals surface area contributed by atoms with E-state index in [1.165, 1.54) is 22.3 Å². The number of carbonyl (C=O) groups excluding carboxylic acids is 1. The zero-order valence-corrected chi connectivity index (χ0v) is 23.7. The molecule has 8 heteroatoms. The number of hydrogen-bond donors (Lipinski definition) is 1.